The molecule has 4 nitrogen and oxygen atoms in total. The van der Waals surface area contributed by atoms with Crippen molar-refractivity contribution in [3.63, 3.8) is 0 Å². The van der Waals surface area contributed by atoms with Crippen LogP contribution in [0.5, 0.6) is 0 Å². The number of para-hydroxylation sites is 1. The summed E-state index contributed by atoms with van der Waals surface area (Å²) in [5.41, 5.74) is 9.65. The van der Waals surface area contributed by atoms with E-state index in [0.717, 1.165) is 46.9 Å². The second-order valence-corrected chi connectivity index (χ2v) is 13.5. The minimum Gasteiger partial charge on any atom is -0.344 e. The van der Waals surface area contributed by atoms with Crippen LogP contribution in [0.15, 0.2) is 150 Å². The van der Waals surface area contributed by atoms with Gasteiger partial charge in [0.2, 0.25) is 0 Å². The summed E-state index contributed by atoms with van der Waals surface area (Å²) >= 11 is 1.92. The minimum atomic E-state index is -0.228. The van der Waals surface area contributed by atoms with Crippen LogP contribution < -0.4 is 5.32 Å². The SMILES string of the molecule is C1=Cc2c(c3c(c4ccccc4n3-c3ccc(C4=NC(c5ccccc5)NC(c5ccccc5)=N4)cc3)c3sc4ccccc4c23)CC1. The summed E-state index contributed by atoms with van der Waals surface area (Å²) < 4.78 is 5.21. The number of aryl methyl sites for hydroxylation is 1. The van der Waals surface area contributed by atoms with Crippen LogP contribution in [0.4, 0.5) is 0 Å². The zero-order valence-electron chi connectivity index (χ0n) is 26.1. The Morgan fingerprint density at radius 2 is 1.42 bits per heavy atom. The van der Waals surface area contributed by atoms with Crippen LogP contribution in [0.3, 0.4) is 0 Å². The van der Waals surface area contributed by atoms with Gasteiger partial charge in [-0.25, -0.2) is 9.98 Å². The van der Waals surface area contributed by atoms with E-state index in [9.17, 15) is 0 Å². The number of hydrogen-bond acceptors (Lipinski definition) is 4. The Labute approximate surface area is 282 Å². The monoisotopic (exact) mass is 634 g/mol. The largest absolute Gasteiger partial charge is 0.344 e. The Morgan fingerprint density at radius 3 is 2.25 bits per heavy atom. The molecule has 0 fully saturated rings. The van der Waals surface area contributed by atoms with Gasteiger partial charge in [-0.05, 0) is 65.9 Å². The quantitative estimate of drug-likeness (QED) is 0.206. The van der Waals surface area contributed by atoms with Crippen molar-refractivity contribution in [3.05, 3.63) is 167 Å². The van der Waals surface area contributed by atoms with Crippen molar-refractivity contribution in [1.82, 2.24) is 9.88 Å². The molecule has 0 amide bonds. The Morgan fingerprint density at radius 1 is 0.688 bits per heavy atom. The molecule has 0 bridgehead atoms. The molecule has 8 aromatic rings. The lowest BCUT2D eigenvalue weighted by molar-refractivity contribution is 0.674. The first-order chi connectivity index (χ1) is 23.8. The average Bonchev–Trinajstić information content (AvgIpc) is 3.72. The van der Waals surface area contributed by atoms with E-state index in [-0.39, 0.29) is 6.17 Å². The van der Waals surface area contributed by atoms with Crippen molar-refractivity contribution in [2.75, 3.05) is 0 Å². The van der Waals surface area contributed by atoms with Crippen molar-refractivity contribution in [1.29, 1.82) is 0 Å². The van der Waals surface area contributed by atoms with Gasteiger partial charge in [-0.15, -0.1) is 11.3 Å². The highest BCUT2D eigenvalue weighted by Crippen LogP contribution is 2.48. The molecule has 0 spiro atoms. The fraction of sp³-hybridized carbons (Fsp3) is 0.0698. The molecule has 1 N–H and O–H groups in total. The number of nitrogens with one attached hydrogen (secondary N) is 1. The minimum absolute atomic E-state index is 0.228. The lowest BCUT2D eigenvalue weighted by Crippen LogP contribution is -2.33. The zero-order chi connectivity index (χ0) is 31.6. The van der Waals surface area contributed by atoms with Gasteiger partial charge < -0.3 is 9.88 Å². The van der Waals surface area contributed by atoms with Crippen molar-refractivity contribution < 1.29 is 0 Å². The second-order valence-electron chi connectivity index (χ2n) is 12.5. The summed E-state index contributed by atoms with van der Waals surface area (Å²) in [6.07, 6.45) is 6.56. The van der Waals surface area contributed by atoms with E-state index in [1.807, 2.05) is 35.6 Å². The van der Waals surface area contributed by atoms with Crippen LogP contribution >= 0.6 is 11.3 Å². The smallest absolute Gasteiger partial charge is 0.159 e. The van der Waals surface area contributed by atoms with E-state index < -0.39 is 0 Å². The number of amidine groups is 2. The predicted molar refractivity (Wildman–Crippen MR) is 203 cm³/mol. The van der Waals surface area contributed by atoms with E-state index in [2.05, 4.69) is 131 Å². The molecule has 0 saturated carbocycles. The molecule has 0 radical (unpaired) electrons. The lowest BCUT2D eigenvalue weighted by Gasteiger charge is -2.23. The highest BCUT2D eigenvalue weighted by atomic mass is 32.1. The van der Waals surface area contributed by atoms with Crippen molar-refractivity contribution in [2.24, 2.45) is 9.98 Å². The zero-order valence-corrected chi connectivity index (χ0v) is 26.9. The third-order valence-electron chi connectivity index (χ3n) is 9.71. The van der Waals surface area contributed by atoms with Gasteiger partial charge >= 0.3 is 0 Å². The molecule has 0 saturated heterocycles. The summed E-state index contributed by atoms with van der Waals surface area (Å²) in [5.74, 6) is 1.55. The molecule has 1 atom stereocenters. The van der Waals surface area contributed by atoms with E-state index in [1.165, 1.54) is 53.1 Å². The van der Waals surface area contributed by atoms with E-state index in [1.54, 1.807) is 0 Å². The van der Waals surface area contributed by atoms with Gasteiger partial charge in [-0.1, -0.05) is 109 Å². The number of rotatable bonds is 4. The molecule has 48 heavy (non-hydrogen) atoms. The molecular weight excluding hydrogens is 605 g/mol. The number of allylic oxidation sites excluding steroid dienone is 1. The Bertz CT molecular complexity index is 2620. The fourth-order valence-electron chi connectivity index (χ4n) is 7.54. The van der Waals surface area contributed by atoms with Crippen molar-refractivity contribution >= 4 is 71.1 Å². The van der Waals surface area contributed by atoms with Crippen LogP contribution in [0.25, 0.3) is 53.7 Å². The molecule has 1 aliphatic heterocycles. The number of thiophene rings is 1. The van der Waals surface area contributed by atoms with Gasteiger partial charge in [0.1, 0.15) is 12.0 Å². The maximum atomic E-state index is 5.11. The molecule has 3 heterocycles. The number of aromatic nitrogens is 1. The molecule has 6 aromatic carbocycles. The molecule has 5 heteroatoms. The maximum absolute atomic E-state index is 5.11. The van der Waals surface area contributed by atoms with Crippen LogP contribution in [0, 0.1) is 0 Å². The molecule has 228 valence electrons. The van der Waals surface area contributed by atoms with Crippen LogP contribution in [-0.2, 0) is 6.42 Å². The Hall–Kier alpha value is -5.78. The van der Waals surface area contributed by atoms with Gasteiger partial charge in [0.05, 0.1) is 11.0 Å². The fourth-order valence-corrected chi connectivity index (χ4v) is 8.82. The highest BCUT2D eigenvalue weighted by molar-refractivity contribution is 7.26. The van der Waals surface area contributed by atoms with Crippen molar-refractivity contribution in [2.45, 2.75) is 19.0 Å². The van der Waals surface area contributed by atoms with Gasteiger partial charge in [0.15, 0.2) is 5.84 Å². The molecule has 1 aliphatic carbocycles. The summed E-state index contributed by atoms with van der Waals surface area (Å²) in [6.45, 7) is 0. The Kier molecular flexibility index (Phi) is 6.21. The number of benzene rings is 6. The molecular formula is C43H30N4S. The summed E-state index contributed by atoms with van der Waals surface area (Å²) in [6, 6.07) is 47.3. The normalized spacial score (nSPS) is 15.9. The average molecular weight is 635 g/mol. The first-order valence-corrected chi connectivity index (χ1v) is 17.3. The topological polar surface area (TPSA) is 41.7 Å². The van der Waals surface area contributed by atoms with Gasteiger partial charge in [-0.2, -0.15) is 0 Å². The third kappa shape index (κ3) is 4.21. The van der Waals surface area contributed by atoms with E-state index >= 15 is 0 Å². The predicted octanol–water partition coefficient (Wildman–Crippen LogP) is 10.6. The molecule has 1 unspecified atom stereocenters. The first-order valence-electron chi connectivity index (χ1n) is 16.5. The van der Waals surface area contributed by atoms with E-state index in [0.29, 0.717) is 0 Å². The molecule has 2 aliphatic rings. The second kappa shape index (κ2) is 10.9. The van der Waals surface area contributed by atoms with Crippen LogP contribution in [0.2, 0.25) is 0 Å². The van der Waals surface area contributed by atoms with Gasteiger partial charge in [0.25, 0.3) is 0 Å². The Balaban J connectivity index is 1.17. The third-order valence-corrected chi connectivity index (χ3v) is 10.9. The highest BCUT2D eigenvalue weighted by Gasteiger charge is 2.25. The van der Waals surface area contributed by atoms with Gasteiger partial charge in [0, 0.05) is 47.8 Å². The summed E-state index contributed by atoms with van der Waals surface area (Å²) in [5, 5.41) is 8.99. The first kappa shape index (κ1) is 27.3. The number of fused-ring (bicyclic) bond motifs is 10. The lowest BCUT2D eigenvalue weighted by atomic mass is 9.90. The summed E-state index contributed by atoms with van der Waals surface area (Å²) in [4.78, 5) is 10.2. The van der Waals surface area contributed by atoms with E-state index in [4.69, 9.17) is 9.98 Å². The number of aliphatic imine (C=N–C) groups is 2. The maximum Gasteiger partial charge on any atom is 0.159 e. The number of nitrogens with zero attached hydrogens (tertiary/aromatic N) is 3. The van der Waals surface area contributed by atoms with Crippen molar-refractivity contribution in [3.8, 4) is 5.69 Å². The van der Waals surface area contributed by atoms with Crippen LogP contribution in [-0.4, -0.2) is 16.2 Å². The summed E-state index contributed by atoms with van der Waals surface area (Å²) in [7, 11) is 0. The van der Waals surface area contributed by atoms with Gasteiger partial charge in [-0.3, -0.25) is 0 Å². The standard InChI is InChI=1S/C43H30N4S/c1-3-13-27(14-4-1)41-44-42(28-15-5-2-6-16-28)46-43(45-41)29-23-25-30(26-24-29)47-35-21-11-9-19-33(35)38-39(47)32-18-8-7-17-31(32)37-34-20-10-12-22-36(34)48-40(37)38/h1-7,9-17,19-26,41H,8,18H2,(H,44,45,46). The van der Waals surface area contributed by atoms with Crippen LogP contribution in [0.1, 0.15) is 40.4 Å². The molecule has 2 aromatic heterocycles. The number of hydrogen-bond donors (Lipinski definition) is 1. The molecule has 10 rings (SSSR count).